The average molecular weight is 418 g/mol. The van der Waals surface area contributed by atoms with Gasteiger partial charge < -0.3 is 20.9 Å². The lowest BCUT2D eigenvalue weighted by Gasteiger charge is -2.29. The lowest BCUT2D eigenvalue weighted by Crippen LogP contribution is -2.48. The SMILES string of the molecule is CNC(=O)[C@@H]1CNC[C@@H](Nc2ncc(C(F)(F)F)c(-c3c[nH]c4ccccc34)n2)C1. The van der Waals surface area contributed by atoms with Crippen molar-refractivity contribution in [1.82, 2.24) is 25.6 Å². The van der Waals surface area contributed by atoms with Crippen LogP contribution in [0.5, 0.6) is 0 Å². The average Bonchev–Trinajstić information content (AvgIpc) is 3.16. The van der Waals surface area contributed by atoms with Crippen LogP contribution in [0.1, 0.15) is 12.0 Å². The van der Waals surface area contributed by atoms with Crippen molar-refractivity contribution in [1.29, 1.82) is 0 Å². The molecule has 0 bridgehead atoms. The number of carbonyl (C=O) groups is 1. The topological polar surface area (TPSA) is 94.7 Å². The number of rotatable bonds is 4. The summed E-state index contributed by atoms with van der Waals surface area (Å²) >= 11 is 0. The van der Waals surface area contributed by atoms with Gasteiger partial charge in [0.05, 0.1) is 11.6 Å². The van der Waals surface area contributed by atoms with Crippen molar-refractivity contribution in [3.8, 4) is 11.3 Å². The molecule has 0 radical (unpaired) electrons. The monoisotopic (exact) mass is 418 g/mol. The number of piperidine rings is 1. The van der Waals surface area contributed by atoms with E-state index in [4.69, 9.17) is 0 Å². The molecule has 0 saturated carbocycles. The Balaban J connectivity index is 1.68. The van der Waals surface area contributed by atoms with E-state index < -0.39 is 11.7 Å². The van der Waals surface area contributed by atoms with E-state index in [0.29, 0.717) is 30.5 Å². The number of halogens is 3. The molecule has 10 heteroatoms. The molecule has 158 valence electrons. The Morgan fingerprint density at radius 2 is 2.03 bits per heavy atom. The Morgan fingerprint density at radius 1 is 1.23 bits per heavy atom. The van der Waals surface area contributed by atoms with Crippen molar-refractivity contribution in [2.45, 2.75) is 18.6 Å². The number of aromatic amines is 1. The van der Waals surface area contributed by atoms with Crippen LogP contribution in [0, 0.1) is 5.92 Å². The molecule has 2 aromatic heterocycles. The lowest BCUT2D eigenvalue weighted by molar-refractivity contribution is -0.137. The van der Waals surface area contributed by atoms with Gasteiger partial charge in [-0.25, -0.2) is 9.97 Å². The summed E-state index contributed by atoms with van der Waals surface area (Å²) in [4.78, 5) is 23.0. The summed E-state index contributed by atoms with van der Waals surface area (Å²) in [6.07, 6.45) is -1.74. The second-order valence-corrected chi connectivity index (χ2v) is 7.25. The smallest absolute Gasteiger partial charge is 0.360 e. The summed E-state index contributed by atoms with van der Waals surface area (Å²) in [5, 5.41) is 9.50. The zero-order chi connectivity index (χ0) is 21.3. The van der Waals surface area contributed by atoms with Crippen molar-refractivity contribution < 1.29 is 18.0 Å². The first kappa shape index (κ1) is 20.1. The summed E-state index contributed by atoms with van der Waals surface area (Å²) in [6.45, 7) is 1.10. The predicted octanol–water partition coefficient (Wildman–Crippen LogP) is 2.78. The fourth-order valence-electron chi connectivity index (χ4n) is 3.77. The fourth-order valence-corrected chi connectivity index (χ4v) is 3.77. The first-order valence-corrected chi connectivity index (χ1v) is 9.56. The van der Waals surface area contributed by atoms with Gasteiger partial charge >= 0.3 is 6.18 Å². The highest BCUT2D eigenvalue weighted by molar-refractivity contribution is 5.95. The van der Waals surface area contributed by atoms with Gasteiger partial charge in [-0.3, -0.25) is 4.79 Å². The fraction of sp³-hybridized carbons (Fsp3) is 0.350. The van der Waals surface area contributed by atoms with Crippen LogP contribution in [-0.2, 0) is 11.0 Å². The van der Waals surface area contributed by atoms with E-state index in [-0.39, 0.29) is 29.5 Å². The molecule has 1 aliphatic rings. The van der Waals surface area contributed by atoms with Crippen molar-refractivity contribution in [2.75, 3.05) is 25.5 Å². The van der Waals surface area contributed by atoms with Crippen LogP contribution < -0.4 is 16.0 Å². The molecule has 1 amide bonds. The molecule has 3 heterocycles. The lowest BCUT2D eigenvalue weighted by atomic mass is 9.95. The maximum absolute atomic E-state index is 13.6. The Hall–Kier alpha value is -3.14. The van der Waals surface area contributed by atoms with Gasteiger partial charge in [-0.2, -0.15) is 13.2 Å². The Morgan fingerprint density at radius 3 is 2.80 bits per heavy atom. The third kappa shape index (κ3) is 3.95. The van der Waals surface area contributed by atoms with Crippen molar-refractivity contribution in [2.24, 2.45) is 5.92 Å². The highest BCUT2D eigenvalue weighted by Gasteiger charge is 2.36. The first-order chi connectivity index (χ1) is 14.4. The normalized spacial score (nSPS) is 19.6. The van der Waals surface area contributed by atoms with E-state index in [1.54, 1.807) is 31.3 Å². The summed E-state index contributed by atoms with van der Waals surface area (Å²) < 4.78 is 40.9. The van der Waals surface area contributed by atoms with Crippen LogP contribution in [0.25, 0.3) is 22.2 Å². The van der Waals surface area contributed by atoms with E-state index >= 15 is 0 Å². The van der Waals surface area contributed by atoms with Crippen LogP contribution in [-0.4, -0.2) is 47.0 Å². The maximum atomic E-state index is 13.6. The molecular formula is C20H21F3N6O. The van der Waals surface area contributed by atoms with E-state index in [9.17, 15) is 18.0 Å². The molecule has 3 aromatic rings. The van der Waals surface area contributed by atoms with Crippen LogP contribution in [0.15, 0.2) is 36.7 Å². The Kier molecular flexibility index (Phi) is 5.33. The maximum Gasteiger partial charge on any atom is 0.419 e. The Bertz CT molecular complexity index is 1060. The van der Waals surface area contributed by atoms with E-state index in [1.807, 2.05) is 0 Å². The van der Waals surface area contributed by atoms with Gasteiger partial charge in [0.2, 0.25) is 11.9 Å². The molecule has 4 N–H and O–H groups in total. The van der Waals surface area contributed by atoms with Gasteiger partial charge in [-0.1, -0.05) is 18.2 Å². The molecule has 2 atom stereocenters. The van der Waals surface area contributed by atoms with E-state index in [0.717, 1.165) is 11.7 Å². The number of carbonyl (C=O) groups excluding carboxylic acids is 1. The van der Waals surface area contributed by atoms with Crippen molar-refractivity contribution in [3.05, 3.63) is 42.2 Å². The van der Waals surface area contributed by atoms with Gasteiger partial charge in [-0.05, 0) is 12.5 Å². The van der Waals surface area contributed by atoms with Crippen LogP contribution in [0.2, 0.25) is 0 Å². The van der Waals surface area contributed by atoms with E-state index in [2.05, 4.69) is 30.9 Å². The van der Waals surface area contributed by atoms with Crippen LogP contribution >= 0.6 is 0 Å². The zero-order valence-corrected chi connectivity index (χ0v) is 16.2. The number of H-pyrrole nitrogens is 1. The quantitative estimate of drug-likeness (QED) is 0.523. The summed E-state index contributed by atoms with van der Waals surface area (Å²) in [5.74, 6) is -0.224. The first-order valence-electron chi connectivity index (χ1n) is 9.56. The predicted molar refractivity (Wildman–Crippen MR) is 107 cm³/mol. The number of anilines is 1. The number of hydrogen-bond donors (Lipinski definition) is 4. The van der Waals surface area contributed by atoms with Crippen molar-refractivity contribution >= 4 is 22.8 Å². The van der Waals surface area contributed by atoms with Gasteiger partial charge in [0.25, 0.3) is 0 Å². The van der Waals surface area contributed by atoms with Gasteiger partial charge in [0.1, 0.15) is 5.56 Å². The second kappa shape index (κ2) is 7.94. The number of fused-ring (bicyclic) bond motifs is 1. The van der Waals surface area contributed by atoms with Crippen LogP contribution in [0.3, 0.4) is 0 Å². The zero-order valence-electron chi connectivity index (χ0n) is 16.2. The molecular weight excluding hydrogens is 397 g/mol. The molecule has 1 saturated heterocycles. The van der Waals surface area contributed by atoms with Crippen LogP contribution in [0.4, 0.5) is 19.1 Å². The summed E-state index contributed by atoms with van der Waals surface area (Å²) in [7, 11) is 1.58. The molecule has 0 unspecified atom stereocenters. The van der Waals surface area contributed by atoms with Gasteiger partial charge in [0, 0.05) is 55.0 Å². The molecule has 4 rings (SSSR count). The Labute approximate surface area is 170 Å². The molecule has 7 nitrogen and oxygen atoms in total. The third-order valence-corrected chi connectivity index (χ3v) is 5.24. The number of benzene rings is 1. The minimum absolute atomic E-state index is 0.0816. The largest absolute Gasteiger partial charge is 0.419 e. The van der Waals surface area contributed by atoms with Crippen molar-refractivity contribution in [3.63, 3.8) is 0 Å². The number of hydrogen-bond acceptors (Lipinski definition) is 5. The number of aromatic nitrogens is 3. The second-order valence-electron chi connectivity index (χ2n) is 7.25. The molecule has 30 heavy (non-hydrogen) atoms. The number of nitrogens with zero attached hydrogens (tertiary/aromatic N) is 2. The summed E-state index contributed by atoms with van der Waals surface area (Å²) in [6, 6.07) is 6.92. The van der Waals surface area contributed by atoms with Gasteiger partial charge in [0.15, 0.2) is 0 Å². The highest BCUT2D eigenvalue weighted by atomic mass is 19.4. The molecule has 0 spiro atoms. The summed E-state index contributed by atoms with van der Waals surface area (Å²) in [5.41, 5.74) is -0.0149. The number of para-hydroxylation sites is 1. The molecule has 1 fully saturated rings. The molecule has 1 aromatic carbocycles. The standard InChI is InChI=1S/C20H21F3N6O/c1-24-18(30)11-6-12(8-25-7-11)28-19-27-10-15(20(21,22)23)17(29-19)14-9-26-16-5-3-2-4-13(14)16/h2-5,9-12,25-26H,6-8H2,1H3,(H,24,30)(H,27,28,29)/t11-,12-/m0/s1. The molecule has 1 aliphatic heterocycles. The third-order valence-electron chi connectivity index (χ3n) is 5.24. The number of nitrogens with one attached hydrogen (secondary N) is 4. The number of alkyl halides is 3. The van der Waals surface area contributed by atoms with E-state index in [1.165, 1.54) is 6.20 Å². The molecule has 0 aliphatic carbocycles. The minimum atomic E-state index is -4.59. The van der Waals surface area contributed by atoms with Gasteiger partial charge in [-0.15, -0.1) is 0 Å². The minimum Gasteiger partial charge on any atom is -0.360 e. The number of amides is 1. The highest BCUT2D eigenvalue weighted by Crippen LogP contribution is 2.38.